The van der Waals surface area contributed by atoms with Crippen LogP contribution in [0.1, 0.15) is 34.6 Å². The highest BCUT2D eigenvalue weighted by atomic mass is 35.5. The molecule has 1 heterocycles. The first-order valence-corrected chi connectivity index (χ1v) is 8.63. The van der Waals surface area contributed by atoms with E-state index in [0.29, 0.717) is 27.7 Å². The number of nitrogens with one attached hydrogen (secondary N) is 2. The third-order valence-electron chi connectivity index (χ3n) is 4.10. The van der Waals surface area contributed by atoms with Crippen LogP contribution >= 0.6 is 11.6 Å². The van der Waals surface area contributed by atoms with Gasteiger partial charge in [-0.1, -0.05) is 11.6 Å². The molecule has 4 amide bonds. The van der Waals surface area contributed by atoms with Crippen LogP contribution in [0.5, 0.6) is 5.75 Å². The van der Waals surface area contributed by atoms with Gasteiger partial charge < -0.3 is 15.4 Å². The minimum atomic E-state index is -0.506. The number of benzene rings is 2. The molecule has 140 valence electrons. The first kappa shape index (κ1) is 18.7. The number of hydrogen-bond donors (Lipinski definition) is 2. The highest BCUT2D eigenvalue weighted by molar-refractivity contribution is 6.32. The lowest BCUT2D eigenvalue weighted by molar-refractivity contribution is 0.0609. The highest BCUT2D eigenvalue weighted by Crippen LogP contribution is 2.29. The second-order valence-electron chi connectivity index (χ2n) is 6.26. The van der Waals surface area contributed by atoms with Gasteiger partial charge in [0.25, 0.3) is 11.8 Å². The van der Waals surface area contributed by atoms with Crippen molar-refractivity contribution in [3.8, 4) is 5.75 Å². The molecule has 1 aliphatic heterocycles. The van der Waals surface area contributed by atoms with Gasteiger partial charge in [-0.3, -0.25) is 14.5 Å². The van der Waals surface area contributed by atoms with Gasteiger partial charge >= 0.3 is 6.03 Å². The molecule has 0 unspecified atom stereocenters. The largest absolute Gasteiger partial charge is 0.495 e. The van der Waals surface area contributed by atoms with E-state index in [1.807, 2.05) is 0 Å². The number of urea groups is 1. The van der Waals surface area contributed by atoms with Crippen LogP contribution in [0.25, 0.3) is 0 Å². The van der Waals surface area contributed by atoms with Crippen LogP contribution in [0.4, 0.5) is 16.2 Å². The van der Waals surface area contributed by atoms with Crippen molar-refractivity contribution >= 4 is 40.8 Å². The second kappa shape index (κ2) is 7.28. The summed E-state index contributed by atoms with van der Waals surface area (Å²) in [6, 6.07) is 8.72. The fourth-order valence-electron chi connectivity index (χ4n) is 2.84. The van der Waals surface area contributed by atoms with Gasteiger partial charge in [0.15, 0.2) is 0 Å². The van der Waals surface area contributed by atoms with Crippen molar-refractivity contribution in [1.29, 1.82) is 0 Å². The fourth-order valence-corrected chi connectivity index (χ4v) is 3.10. The van der Waals surface area contributed by atoms with E-state index in [9.17, 15) is 14.4 Å². The summed E-state index contributed by atoms with van der Waals surface area (Å²) in [5.74, 6) is -0.191. The summed E-state index contributed by atoms with van der Waals surface area (Å²) in [5, 5.41) is 5.65. The van der Waals surface area contributed by atoms with E-state index in [1.165, 1.54) is 24.1 Å². The highest BCUT2D eigenvalue weighted by Gasteiger charge is 2.37. The van der Waals surface area contributed by atoms with Gasteiger partial charge in [-0.15, -0.1) is 0 Å². The first-order valence-electron chi connectivity index (χ1n) is 8.25. The zero-order valence-corrected chi connectivity index (χ0v) is 15.8. The Balaban J connectivity index is 1.74. The van der Waals surface area contributed by atoms with Gasteiger partial charge in [0.1, 0.15) is 5.75 Å². The maximum absolute atomic E-state index is 12.4. The van der Waals surface area contributed by atoms with Gasteiger partial charge in [0.05, 0.1) is 23.3 Å². The Morgan fingerprint density at radius 1 is 1.00 bits per heavy atom. The average molecular weight is 388 g/mol. The number of fused-ring (bicyclic) bond motifs is 1. The van der Waals surface area contributed by atoms with Crippen molar-refractivity contribution in [2.24, 2.45) is 0 Å². The van der Waals surface area contributed by atoms with Gasteiger partial charge in [-0.05, 0) is 50.2 Å². The molecule has 8 heteroatoms. The summed E-state index contributed by atoms with van der Waals surface area (Å²) in [6.45, 7) is 3.54. The minimum Gasteiger partial charge on any atom is -0.495 e. The van der Waals surface area contributed by atoms with Crippen LogP contribution in [0.2, 0.25) is 5.02 Å². The van der Waals surface area contributed by atoms with Crippen LogP contribution in [0, 0.1) is 0 Å². The molecule has 7 nitrogen and oxygen atoms in total. The molecule has 0 atom stereocenters. The van der Waals surface area contributed by atoms with E-state index in [2.05, 4.69) is 10.6 Å². The zero-order chi connectivity index (χ0) is 19.7. The van der Waals surface area contributed by atoms with Crippen molar-refractivity contribution in [1.82, 2.24) is 4.90 Å². The number of ether oxygens (including phenoxy) is 1. The maximum atomic E-state index is 12.4. The topological polar surface area (TPSA) is 87.7 Å². The lowest BCUT2D eigenvalue weighted by Crippen LogP contribution is -2.35. The molecule has 0 saturated carbocycles. The van der Waals surface area contributed by atoms with Crippen molar-refractivity contribution in [3.63, 3.8) is 0 Å². The van der Waals surface area contributed by atoms with E-state index in [0.717, 1.165) is 0 Å². The molecule has 2 N–H and O–H groups in total. The van der Waals surface area contributed by atoms with Crippen molar-refractivity contribution in [2.45, 2.75) is 19.9 Å². The summed E-state index contributed by atoms with van der Waals surface area (Å²) < 4.78 is 5.06. The Bertz CT molecular complexity index is 943. The van der Waals surface area contributed by atoms with E-state index in [4.69, 9.17) is 16.3 Å². The van der Waals surface area contributed by atoms with Crippen molar-refractivity contribution in [2.75, 3.05) is 17.7 Å². The number of nitrogens with zero attached hydrogens (tertiary/aromatic N) is 1. The molecule has 0 saturated heterocycles. The van der Waals surface area contributed by atoms with Crippen molar-refractivity contribution < 1.29 is 19.1 Å². The Kier molecular flexibility index (Phi) is 5.05. The minimum absolute atomic E-state index is 0.239. The van der Waals surface area contributed by atoms with Gasteiger partial charge in [-0.25, -0.2) is 4.79 Å². The summed E-state index contributed by atoms with van der Waals surface area (Å²) in [4.78, 5) is 38.1. The molecule has 1 aliphatic rings. The van der Waals surface area contributed by atoms with Crippen LogP contribution in [-0.2, 0) is 0 Å². The standard InChI is InChI=1S/C19H18ClN3O4/c1-10(2)23-17(24)13-6-4-11(8-14(13)18(23)25)21-19(26)22-12-5-7-16(27-3)15(20)9-12/h4-10H,1-3H3,(H2,21,22,26). The molecule has 27 heavy (non-hydrogen) atoms. The zero-order valence-electron chi connectivity index (χ0n) is 15.0. The average Bonchev–Trinajstić information content (AvgIpc) is 2.85. The van der Waals surface area contributed by atoms with Crippen LogP contribution < -0.4 is 15.4 Å². The summed E-state index contributed by atoms with van der Waals surface area (Å²) in [5.41, 5.74) is 1.50. The molecule has 0 bridgehead atoms. The van der Waals surface area contributed by atoms with Crippen LogP contribution in [0.3, 0.4) is 0 Å². The van der Waals surface area contributed by atoms with Gasteiger partial charge in [-0.2, -0.15) is 0 Å². The lowest BCUT2D eigenvalue weighted by Gasteiger charge is -2.17. The molecule has 0 fully saturated rings. The van der Waals surface area contributed by atoms with Gasteiger partial charge in [0.2, 0.25) is 0 Å². The Hall–Kier alpha value is -3.06. The number of methoxy groups -OCH3 is 1. The Morgan fingerprint density at radius 2 is 1.59 bits per heavy atom. The number of rotatable bonds is 4. The monoisotopic (exact) mass is 387 g/mol. The smallest absolute Gasteiger partial charge is 0.323 e. The number of carbonyl (C=O) groups excluding carboxylic acids is 3. The predicted molar refractivity (Wildman–Crippen MR) is 103 cm³/mol. The Labute approximate surface area is 161 Å². The molecule has 0 aliphatic carbocycles. The third-order valence-corrected chi connectivity index (χ3v) is 4.40. The molecule has 0 radical (unpaired) electrons. The molecule has 2 aromatic rings. The second-order valence-corrected chi connectivity index (χ2v) is 6.67. The Morgan fingerprint density at radius 3 is 2.19 bits per heavy atom. The molecule has 2 aromatic carbocycles. The molecule has 0 aromatic heterocycles. The van der Waals surface area contributed by atoms with Crippen LogP contribution in [0.15, 0.2) is 36.4 Å². The SMILES string of the molecule is COc1ccc(NC(=O)Nc2ccc3c(c2)C(=O)N(C(C)C)C3=O)cc1Cl. The number of imide groups is 1. The number of hydrogen-bond acceptors (Lipinski definition) is 4. The van der Waals surface area contributed by atoms with E-state index in [-0.39, 0.29) is 23.4 Å². The fraction of sp³-hybridized carbons (Fsp3) is 0.211. The number of amides is 4. The van der Waals surface area contributed by atoms with Crippen molar-refractivity contribution in [3.05, 3.63) is 52.5 Å². The summed E-state index contributed by atoms with van der Waals surface area (Å²) in [7, 11) is 1.50. The molecule has 3 rings (SSSR count). The summed E-state index contributed by atoms with van der Waals surface area (Å²) >= 11 is 6.04. The third kappa shape index (κ3) is 3.59. The number of carbonyl (C=O) groups is 3. The summed E-state index contributed by atoms with van der Waals surface area (Å²) in [6.07, 6.45) is 0. The maximum Gasteiger partial charge on any atom is 0.323 e. The van der Waals surface area contributed by atoms with E-state index in [1.54, 1.807) is 38.1 Å². The lowest BCUT2D eigenvalue weighted by atomic mass is 10.1. The normalized spacial score (nSPS) is 13.0. The van der Waals surface area contributed by atoms with Crippen LogP contribution in [-0.4, -0.2) is 35.9 Å². The van der Waals surface area contributed by atoms with E-state index < -0.39 is 6.03 Å². The van der Waals surface area contributed by atoms with E-state index >= 15 is 0 Å². The molecule has 0 spiro atoms. The number of anilines is 2. The first-order chi connectivity index (χ1) is 12.8. The molecular formula is C19H18ClN3O4. The number of halogens is 1. The molecular weight excluding hydrogens is 370 g/mol. The predicted octanol–water partition coefficient (Wildman–Crippen LogP) is 4.00. The van der Waals surface area contributed by atoms with Gasteiger partial charge in [0, 0.05) is 17.4 Å². The quantitative estimate of drug-likeness (QED) is 0.776.